The van der Waals surface area contributed by atoms with Crippen molar-refractivity contribution in [2.24, 2.45) is 0 Å². The Kier molecular flexibility index (Phi) is 3.99. The van der Waals surface area contributed by atoms with Crippen LogP contribution in [0.2, 0.25) is 10.2 Å². The van der Waals surface area contributed by atoms with Crippen LogP contribution >= 0.6 is 23.2 Å². The summed E-state index contributed by atoms with van der Waals surface area (Å²) < 4.78 is 26.8. The summed E-state index contributed by atoms with van der Waals surface area (Å²) in [6.45, 7) is 1.66. The van der Waals surface area contributed by atoms with E-state index < -0.39 is 10.0 Å². The minimum absolute atomic E-state index is 0.0195. The van der Waals surface area contributed by atoms with E-state index in [1.165, 1.54) is 18.2 Å². The van der Waals surface area contributed by atoms with Gasteiger partial charge in [-0.2, -0.15) is 0 Å². The third kappa shape index (κ3) is 3.18. The standard InChI is InChI=1S/C12H10Cl2N2O2S/c1-8-10(6-7-12(14)15-8)16-19(17,18)11-5-3-2-4-9(11)13/h2-7,16H,1H3. The molecule has 19 heavy (non-hydrogen) atoms. The molecular weight excluding hydrogens is 307 g/mol. The van der Waals surface area contributed by atoms with Gasteiger partial charge in [0.05, 0.1) is 16.4 Å². The second-order valence-corrected chi connectivity index (χ2v) is 6.25. The fourth-order valence-electron chi connectivity index (χ4n) is 1.50. The number of anilines is 1. The van der Waals surface area contributed by atoms with E-state index >= 15 is 0 Å². The second kappa shape index (κ2) is 5.36. The summed E-state index contributed by atoms with van der Waals surface area (Å²) in [5.74, 6) is 0. The Morgan fingerprint density at radius 1 is 1.11 bits per heavy atom. The lowest BCUT2D eigenvalue weighted by molar-refractivity contribution is 0.601. The molecule has 1 aromatic heterocycles. The number of rotatable bonds is 3. The number of sulfonamides is 1. The molecule has 2 rings (SSSR count). The molecule has 0 amide bonds. The molecule has 7 heteroatoms. The van der Waals surface area contributed by atoms with E-state index in [0.717, 1.165) is 0 Å². The fraction of sp³-hybridized carbons (Fsp3) is 0.0833. The Bertz CT molecular complexity index is 717. The molecule has 0 unspecified atom stereocenters. The van der Waals surface area contributed by atoms with Crippen LogP contribution in [-0.4, -0.2) is 13.4 Å². The maximum Gasteiger partial charge on any atom is 0.263 e. The van der Waals surface area contributed by atoms with Crippen LogP contribution in [0, 0.1) is 6.92 Å². The largest absolute Gasteiger partial charge is 0.278 e. The van der Waals surface area contributed by atoms with Gasteiger partial charge in [0, 0.05) is 0 Å². The average Bonchev–Trinajstić information content (AvgIpc) is 2.33. The number of aromatic nitrogens is 1. The molecule has 0 spiro atoms. The molecule has 1 N–H and O–H groups in total. The number of hydrogen-bond acceptors (Lipinski definition) is 3. The molecule has 0 aliphatic rings. The molecule has 0 bridgehead atoms. The highest BCUT2D eigenvalue weighted by atomic mass is 35.5. The fourth-order valence-corrected chi connectivity index (χ4v) is 3.33. The molecule has 0 saturated carbocycles. The first-order chi connectivity index (χ1) is 8.90. The van der Waals surface area contributed by atoms with E-state index in [4.69, 9.17) is 23.2 Å². The molecule has 100 valence electrons. The molecule has 2 aromatic rings. The highest BCUT2D eigenvalue weighted by Crippen LogP contribution is 2.24. The maximum absolute atomic E-state index is 12.2. The first-order valence-electron chi connectivity index (χ1n) is 5.30. The molecule has 0 aliphatic heterocycles. The number of nitrogens with zero attached hydrogens (tertiary/aromatic N) is 1. The maximum atomic E-state index is 12.2. The Labute approximate surface area is 121 Å². The van der Waals surface area contributed by atoms with Crippen LogP contribution in [-0.2, 0) is 10.0 Å². The summed E-state index contributed by atoms with van der Waals surface area (Å²) in [7, 11) is -3.74. The molecule has 0 radical (unpaired) electrons. The third-order valence-corrected chi connectivity index (χ3v) is 4.50. The van der Waals surface area contributed by atoms with Gasteiger partial charge in [0.2, 0.25) is 0 Å². The van der Waals surface area contributed by atoms with Gasteiger partial charge in [-0.3, -0.25) is 4.72 Å². The van der Waals surface area contributed by atoms with Crippen LogP contribution in [0.15, 0.2) is 41.3 Å². The molecule has 1 heterocycles. The number of aryl methyl sites for hydroxylation is 1. The summed E-state index contributed by atoms with van der Waals surface area (Å²) in [6.07, 6.45) is 0. The Balaban J connectivity index is 2.40. The van der Waals surface area contributed by atoms with Crippen molar-refractivity contribution in [1.29, 1.82) is 0 Å². The van der Waals surface area contributed by atoms with Crippen molar-refractivity contribution < 1.29 is 8.42 Å². The second-order valence-electron chi connectivity index (χ2n) is 3.80. The van der Waals surface area contributed by atoms with Gasteiger partial charge in [0.15, 0.2) is 0 Å². The van der Waals surface area contributed by atoms with Gasteiger partial charge >= 0.3 is 0 Å². The highest BCUT2D eigenvalue weighted by Gasteiger charge is 2.18. The zero-order valence-corrected chi connectivity index (χ0v) is 12.2. The average molecular weight is 317 g/mol. The molecule has 0 fully saturated rings. The number of benzene rings is 1. The Hall–Kier alpha value is -1.30. The van der Waals surface area contributed by atoms with Crippen molar-refractivity contribution in [1.82, 2.24) is 4.98 Å². The van der Waals surface area contributed by atoms with Gasteiger partial charge in [0.1, 0.15) is 10.0 Å². The van der Waals surface area contributed by atoms with Gasteiger partial charge in [-0.05, 0) is 31.2 Å². The number of hydrogen-bond donors (Lipinski definition) is 1. The van der Waals surface area contributed by atoms with Crippen molar-refractivity contribution in [2.75, 3.05) is 4.72 Å². The molecular formula is C12H10Cl2N2O2S. The SMILES string of the molecule is Cc1nc(Cl)ccc1NS(=O)(=O)c1ccccc1Cl. The van der Waals surface area contributed by atoms with E-state index in [1.54, 1.807) is 25.1 Å². The van der Waals surface area contributed by atoms with E-state index in [1.807, 2.05) is 0 Å². The smallest absolute Gasteiger partial charge is 0.263 e. The lowest BCUT2D eigenvalue weighted by Gasteiger charge is -2.11. The molecule has 4 nitrogen and oxygen atoms in total. The summed E-state index contributed by atoms with van der Waals surface area (Å²) >= 11 is 11.6. The molecule has 0 aliphatic carbocycles. The van der Waals surface area contributed by atoms with Crippen molar-refractivity contribution in [3.8, 4) is 0 Å². The highest BCUT2D eigenvalue weighted by molar-refractivity contribution is 7.92. The van der Waals surface area contributed by atoms with Crippen LogP contribution in [0.4, 0.5) is 5.69 Å². The third-order valence-electron chi connectivity index (χ3n) is 2.42. The number of pyridine rings is 1. The van der Waals surface area contributed by atoms with E-state index in [2.05, 4.69) is 9.71 Å². The van der Waals surface area contributed by atoms with Crippen molar-refractivity contribution in [2.45, 2.75) is 11.8 Å². The summed E-state index contributed by atoms with van der Waals surface area (Å²) in [4.78, 5) is 4.00. The van der Waals surface area contributed by atoms with Gasteiger partial charge in [-0.25, -0.2) is 13.4 Å². The first kappa shape index (κ1) is 14.1. The molecule has 0 atom stereocenters. The lowest BCUT2D eigenvalue weighted by atomic mass is 10.3. The van der Waals surface area contributed by atoms with E-state index in [0.29, 0.717) is 16.5 Å². The normalized spacial score (nSPS) is 11.3. The summed E-state index contributed by atoms with van der Waals surface area (Å²) in [5, 5.41) is 0.466. The van der Waals surface area contributed by atoms with Crippen molar-refractivity contribution in [3.05, 3.63) is 52.3 Å². The van der Waals surface area contributed by atoms with Gasteiger partial charge in [-0.15, -0.1) is 0 Å². The van der Waals surface area contributed by atoms with E-state index in [9.17, 15) is 8.42 Å². The van der Waals surface area contributed by atoms with Gasteiger partial charge in [-0.1, -0.05) is 35.3 Å². The van der Waals surface area contributed by atoms with Crippen LogP contribution in [0.1, 0.15) is 5.69 Å². The predicted molar refractivity (Wildman–Crippen MR) is 76.2 cm³/mol. The topological polar surface area (TPSA) is 59.1 Å². The quantitative estimate of drug-likeness (QED) is 0.882. The van der Waals surface area contributed by atoms with Gasteiger partial charge in [0.25, 0.3) is 10.0 Å². The van der Waals surface area contributed by atoms with Gasteiger partial charge < -0.3 is 0 Å². The van der Waals surface area contributed by atoms with E-state index in [-0.39, 0.29) is 9.92 Å². The predicted octanol–water partition coefficient (Wildman–Crippen LogP) is 3.50. The van der Waals surface area contributed by atoms with Crippen LogP contribution in [0.25, 0.3) is 0 Å². The monoisotopic (exact) mass is 316 g/mol. The Morgan fingerprint density at radius 3 is 2.42 bits per heavy atom. The zero-order chi connectivity index (χ0) is 14.0. The lowest BCUT2D eigenvalue weighted by Crippen LogP contribution is -2.14. The summed E-state index contributed by atoms with van der Waals surface area (Å²) in [6, 6.07) is 9.29. The van der Waals surface area contributed by atoms with Crippen LogP contribution in [0.3, 0.4) is 0 Å². The Morgan fingerprint density at radius 2 is 1.79 bits per heavy atom. The van der Waals surface area contributed by atoms with Crippen molar-refractivity contribution >= 4 is 38.9 Å². The minimum atomic E-state index is -3.74. The number of halogens is 2. The minimum Gasteiger partial charge on any atom is -0.278 e. The molecule has 1 aromatic carbocycles. The summed E-state index contributed by atoms with van der Waals surface area (Å²) in [5.41, 5.74) is 0.854. The van der Waals surface area contributed by atoms with Crippen LogP contribution < -0.4 is 4.72 Å². The zero-order valence-electron chi connectivity index (χ0n) is 9.89. The van der Waals surface area contributed by atoms with Crippen LogP contribution in [0.5, 0.6) is 0 Å². The first-order valence-corrected chi connectivity index (χ1v) is 7.54. The van der Waals surface area contributed by atoms with Crippen molar-refractivity contribution in [3.63, 3.8) is 0 Å². The molecule has 0 saturated heterocycles. The number of nitrogens with one attached hydrogen (secondary N) is 1.